The second kappa shape index (κ2) is 5.05. The predicted molar refractivity (Wildman–Crippen MR) is 63.5 cm³/mol. The fourth-order valence-corrected chi connectivity index (χ4v) is 2.67. The fourth-order valence-electron chi connectivity index (χ4n) is 1.20. The standard InChI is InChI=1S/C10H10Br2FN/c1-2-3-9(14)10-7(12)4-6(11)5-8(10)13/h2,4-5,9H,1,3,14H2. The maximum atomic E-state index is 13.5. The van der Waals surface area contributed by atoms with Crippen LogP contribution in [0.4, 0.5) is 4.39 Å². The van der Waals surface area contributed by atoms with Crippen LogP contribution < -0.4 is 5.73 Å². The first-order chi connectivity index (χ1) is 6.56. The summed E-state index contributed by atoms with van der Waals surface area (Å²) < 4.78 is 14.9. The molecule has 0 bridgehead atoms. The largest absolute Gasteiger partial charge is 0.324 e. The number of hydrogen-bond acceptors (Lipinski definition) is 1. The Kier molecular flexibility index (Phi) is 4.29. The van der Waals surface area contributed by atoms with E-state index in [2.05, 4.69) is 38.4 Å². The topological polar surface area (TPSA) is 26.0 Å². The molecule has 1 nitrogen and oxygen atoms in total. The minimum absolute atomic E-state index is 0.305. The lowest BCUT2D eigenvalue weighted by Gasteiger charge is -2.13. The minimum atomic E-state index is -0.352. The maximum Gasteiger partial charge on any atom is 0.130 e. The van der Waals surface area contributed by atoms with Crippen LogP contribution in [0.15, 0.2) is 33.7 Å². The highest BCUT2D eigenvalue weighted by atomic mass is 79.9. The van der Waals surface area contributed by atoms with E-state index in [1.807, 2.05) is 0 Å². The Balaban J connectivity index is 3.13. The average Bonchev–Trinajstić information content (AvgIpc) is 2.01. The van der Waals surface area contributed by atoms with Crippen LogP contribution in [-0.2, 0) is 0 Å². The predicted octanol–water partition coefficient (Wildman–Crippen LogP) is 3.93. The SMILES string of the molecule is C=CCC(N)c1c(F)cc(Br)cc1Br. The Morgan fingerprint density at radius 1 is 1.50 bits per heavy atom. The zero-order valence-electron chi connectivity index (χ0n) is 7.43. The first-order valence-corrected chi connectivity index (χ1v) is 5.65. The van der Waals surface area contributed by atoms with Crippen molar-refractivity contribution in [1.82, 2.24) is 0 Å². The van der Waals surface area contributed by atoms with E-state index in [1.54, 1.807) is 12.1 Å². The molecule has 2 N–H and O–H groups in total. The van der Waals surface area contributed by atoms with E-state index in [0.29, 0.717) is 20.9 Å². The summed E-state index contributed by atoms with van der Waals surface area (Å²) >= 11 is 6.49. The Hall–Kier alpha value is -0.190. The summed E-state index contributed by atoms with van der Waals surface area (Å²) in [6, 6.07) is 2.83. The van der Waals surface area contributed by atoms with Gasteiger partial charge in [0, 0.05) is 20.6 Å². The lowest BCUT2D eigenvalue weighted by Crippen LogP contribution is -2.12. The zero-order valence-corrected chi connectivity index (χ0v) is 10.6. The molecule has 0 heterocycles. The minimum Gasteiger partial charge on any atom is -0.324 e. The van der Waals surface area contributed by atoms with Gasteiger partial charge in [0.15, 0.2) is 0 Å². The maximum absolute atomic E-state index is 13.5. The van der Waals surface area contributed by atoms with Gasteiger partial charge in [-0.25, -0.2) is 4.39 Å². The smallest absolute Gasteiger partial charge is 0.130 e. The molecule has 1 rings (SSSR count). The van der Waals surface area contributed by atoms with Gasteiger partial charge in [-0.3, -0.25) is 0 Å². The molecule has 14 heavy (non-hydrogen) atoms. The van der Waals surface area contributed by atoms with Crippen molar-refractivity contribution in [2.45, 2.75) is 12.5 Å². The molecule has 4 heteroatoms. The van der Waals surface area contributed by atoms with Gasteiger partial charge >= 0.3 is 0 Å². The molecule has 0 saturated heterocycles. The van der Waals surface area contributed by atoms with Gasteiger partial charge in [-0.15, -0.1) is 6.58 Å². The zero-order chi connectivity index (χ0) is 10.7. The summed E-state index contributed by atoms with van der Waals surface area (Å²) in [6.07, 6.45) is 2.23. The Morgan fingerprint density at radius 3 is 2.64 bits per heavy atom. The van der Waals surface area contributed by atoms with Gasteiger partial charge in [0.1, 0.15) is 5.82 Å². The summed E-state index contributed by atoms with van der Waals surface area (Å²) in [6.45, 7) is 3.58. The fraction of sp³-hybridized carbons (Fsp3) is 0.200. The highest BCUT2D eigenvalue weighted by Crippen LogP contribution is 2.30. The van der Waals surface area contributed by atoms with E-state index >= 15 is 0 Å². The summed E-state index contributed by atoms with van der Waals surface area (Å²) in [5.41, 5.74) is 6.29. The van der Waals surface area contributed by atoms with Gasteiger partial charge in [-0.05, 0) is 18.6 Å². The van der Waals surface area contributed by atoms with Gasteiger partial charge in [0.25, 0.3) is 0 Å². The molecule has 1 aromatic carbocycles. The highest BCUT2D eigenvalue weighted by Gasteiger charge is 2.14. The van der Waals surface area contributed by atoms with E-state index in [0.717, 1.165) is 0 Å². The lowest BCUT2D eigenvalue weighted by atomic mass is 10.0. The van der Waals surface area contributed by atoms with Gasteiger partial charge < -0.3 is 5.73 Å². The van der Waals surface area contributed by atoms with Crippen molar-refractivity contribution >= 4 is 31.9 Å². The third-order valence-corrected chi connectivity index (χ3v) is 2.95. The number of hydrogen-bond donors (Lipinski definition) is 1. The highest BCUT2D eigenvalue weighted by molar-refractivity contribution is 9.11. The van der Waals surface area contributed by atoms with Crippen molar-refractivity contribution in [1.29, 1.82) is 0 Å². The van der Waals surface area contributed by atoms with Crippen LogP contribution in [0.5, 0.6) is 0 Å². The Labute approximate surface area is 99.4 Å². The van der Waals surface area contributed by atoms with E-state index in [4.69, 9.17) is 5.73 Å². The quantitative estimate of drug-likeness (QED) is 0.838. The summed E-state index contributed by atoms with van der Waals surface area (Å²) in [4.78, 5) is 0. The number of benzene rings is 1. The van der Waals surface area contributed by atoms with Crippen molar-refractivity contribution in [3.63, 3.8) is 0 Å². The van der Waals surface area contributed by atoms with Gasteiger partial charge in [0.2, 0.25) is 0 Å². The molecule has 0 radical (unpaired) electrons. The van der Waals surface area contributed by atoms with Crippen molar-refractivity contribution in [2.75, 3.05) is 0 Å². The van der Waals surface area contributed by atoms with Crippen LogP contribution in [0, 0.1) is 5.82 Å². The molecule has 0 aromatic heterocycles. The van der Waals surface area contributed by atoms with Crippen LogP contribution in [0.2, 0.25) is 0 Å². The van der Waals surface area contributed by atoms with Crippen molar-refractivity contribution in [3.8, 4) is 0 Å². The summed E-state index contributed by atoms with van der Waals surface area (Å²) in [5.74, 6) is -0.305. The van der Waals surface area contributed by atoms with Gasteiger partial charge in [-0.1, -0.05) is 37.9 Å². The molecule has 0 aliphatic heterocycles. The molecule has 0 aliphatic rings. The van der Waals surface area contributed by atoms with Crippen molar-refractivity contribution in [3.05, 3.63) is 45.1 Å². The lowest BCUT2D eigenvalue weighted by molar-refractivity contribution is 0.580. The molecule has 1 aromatic rings. The van der Waals surface area contributed by atoms with Gasteiger partial charge in [-0.2, -0.15) is 0 Å². The number of rotatable bonds is 3. The van der Waals surface area contributed by atoms with Crippen LogP contribution >= 0.6 is 31.9 Å². The first kappa shape index (κ1) is 11.9. The van der Waals surface area contributed by atoms with Crippen molar-refractivity contribution in [2.24, 2.45) is 5.73 Å². The van der Waals surface area contributed by atoms with E-state index in [-0.39, 0.29) is 11.9 Å². The second-order valence-corrected chi connectivity index (χ2v) is 4.68. The van der Waals surface area contributed by atoms with Gasteiger partial charge in [0.05, 0.1) is 0 Å². The monoisotopic (exact) mass is 321 g/mol. The number of nitrogens with two attached hydrogens (primary N) is 1. The summed E-state index contributed by atoms with van der Waals surface area (Å²) in [5, 5.41) is 0. The van der Waals surface area contributed by atoms with Crippen LogP contribution in [-0.4, -0.2) is 0 Å². The Morgan fingerprint density at radius 2 is 2.14 bits per heavy atom. The molecule has 0 aliphatic carbocycles. The van der Waals surface area contributed by atoms with E-state index < -0.39 is 0 Å². The number of halogens is 3. The van der Waals surface area contributed by atoms with Crippen LogP contribution in [0.1, 0.15) is 18.0 Å². The molecule has 76 valence electrons. The third kappa shape index (κ3) is 2.65. The molecule has 1 atom stereocenters. The van der Waals surface area contributed by atoms with Crippen molar-refractivity contribution < 1.29 is 4.39 Å². The van der Waals surface area contributed by atoms with E-state index in [9.17, 15) is 4.39 Å². The Bertz CT molecular complexity index is 329. The van der Waals surface area contributed by atoms with E-state index in [1.165, 1.54) is 6.07 Å². The molecule has 0 saturated carbocycles. The molecule has 0 fully saturated rings. The molecular weight excluding hydrogens is 313 g/mol. The molecular formula is C10H10Br2FN. The summed E-state index contributed by atoms with van der Waals surface area (Å²) in [7, 11) is 0. The average molecular weight is 323 g/mol. The molecule has 1 unspecified atom stereocenters. The third-order valence-electron chi connectivity index (χ3n) is 1.84. The van der Waals surface area contributed by atoms with Crippen LogP contribution in [0.25, 0.3) is 0 Å². The molecule has 0 spiro atoms. The normalized spacial score (nSPS) is 12.6. The molecule has 0 amide bonds. The first-order valence-electron chi connectivity index (χ1n) is 4.07. The van der Waals surface area contributed by atoms with Crippen LogP contribution in [0.3, 0.4) is 0 Å². The second-order valence-electron chi connectivity index (χ2n) is 2.91.